The zero-order chi connectivity index (χ0) is 19.2. The minimum atomic E-state index is -4.57. The molecule has 146 valence electrons. The number of rotatable bonds is 11. The number of unbranched alkanes of at least 4 members (excludes halogenated alkanes) is 5. The van der Waals surface area contributed by atoms with Gasteiger partial charge in [-0.2, -0.15) is 0 Å². The summed E-state index contributed by atoms with van der Waals surface area (Å²) in [5, 5.41) is 0. The van der Waals surface area contributed by atoms with Crippen LogP contribution in [0.5, 0.6) is 0 Å². The molecule has 1 atom stereocenters. The summed E-state index contributed by atoms with van der Waals surface area (Å²) in [5.41, 5.74) is 7.89. The third kappa shape index (κ3) is 6.49. The van der Waals surface area contributed by atoms with Gasteiger partial charge in [-0.1, -0.05) is 45.1 Å². The van der Waals surface area contributed by atoms with Gasteiger partial charge in [-0.15, -0.1) is 0 Å². The topological polar surface area (TPSA) is 121 Å². The molecule has 0 fully saturated rings. The smallest absolute Gasteiger partial charge is 0.340 e. The lowest BCUT2D eigenvalue weighted by atomic mass is 10.0. The Balaban J connectivity index is 1.98. The number of hydrogen-bond acceptors (Lipinski definition) is 4. The molecule has 1 aromatic heterocycles. The van der Waals surface area contributed by atoms with Crippen LogP contribution in [0.1, 0.15) is 63.8 Å². The maximum Gasteiger partial charge on any atom is 0.469 e. The van der Waals surface area contributed by atoms with Gasteiger partial charge in [0.2, 0.25) is 0 Å². The summed E-state index contributed by atoms with van der Waals surface area (Å²) in [5.74, 6) is 0.442. The Morgan fingerprint density at radius 2 is 1.92 bits per heavy atom. The predicted octanol–water partition coefficient (Wildman–Crippen LogP) is 3.75. The summed E-state index contributed by atoms with van der Waals surface area (Å²) in [6.07, 6.45) is 8.61. The van der Waals surface area contributed by atoms with Gasteiger partial charge in [0.15, 0.2) is 0 Å². The van der Waals surface area contributed by atoms with Crippen molar-refractivity contribution in [1.29, 1.82) is 0 Å². The number of H-pyrrole nitrogens is 1. The summed E-state index contributed by atoms with van der Waals surface area (Å²) in [4.78, 5) is 25.3. The highest BCUT2D eigenvalue weighted by Gasteiger charge is 2.29. The number of nitrogens with zero attached hydrogens (tertiary/aromatic N) is 1. The fourth-order valence-corrected chi connectivity index (χ4v) is 3.32. The van der Waals surface area contributed by atoms with E-state index in [4.69, 9.17) is 15.5 Å². The molecule has 1 heterocycles. The van der Waals surface area contributed by atoms with Crippen molar-refractivity contribution >= 4 is 18.9 Å². The van der Waals surface area contributed by atoms with E-state index in [0.717, 1.165) is 17.5 Å². The minimum Gasteiger partial charge on any atom is -0.340 e. The first kappa shape index (κ1) is 21.1. The lowest BCUT2D eigenvalue weighted by Gasteiger charge is -2.21. The van der Waals surface area contributed by atoms with E-state index in [1.165, 1.54) is 44.1 Å². The second kappa shape index (κ2) is 9.11. The van der Waals surface area contributed by atoms with Gasteiger partial charge in [0.1, 0.15) is 5.82 Å². The minimum absolute atomic E-state index is 0.332. The summed E-state index contributed by atoms with van der Waals surface area (Å²) < 4.78 is 15.4. The molecule has 0 amide bonds. The molecule has 0 aliphatic heterocycles. The van der Waals surface area contributed by atoms with Crippen LogP contribution in [0.4, 0.5) is 0 Å². The third-order valence-corrected chi connectivity index (χ3v) is 4.90. The van der Waals surface area contributed by atoms with E-state index in [9.17, 15) is 4.57 Å². The molecule has 0 spiro atoms. The number of fused-ring (bicyclic) bond motifs is 1. The third-order valence-electron chi connectivity index (χ3n) is 4.44. The van der Waals surface area contributed by atoms with E-state index >= 15 is 0 Å². The van der Waals surface area contributed by atoms with E-state index in [1.807, 2.05) is 6.07 Å². The van der Waals surface area contributed by atoms with Gasteiger partial charge >= 0.3 is 7.82 Å². The van der Waals surface area contributed by atoms with Crippen molar-refractivity contribution in [3.05, 3.63) is 29.6 Å². The van der Waals surface area contributed by atoms with Crippen LogP contribution in [-0.4, -0.2) is 26.4 Å². The lowest BCUT2D eigenvalue weighted by Crippen LogP contribution is -2.39. The van der Waals surface area contributed by atoms with Gasteiger partial charge in [-0.05, 0) is 37.5 Å². The Hall–Kier alpha value is -1.24. The lowest BCUT2D eigenvalue weighted by molar-refractivity contribution is 0.155. The van der Waals surface area contributed by atoms with E-state index in [-0.39, 0.29) is 6.61 Å². The molecular formula is C18H30N3O4P. The average molecular weight is 383 g/mol. The molecule has 1 unspecified atom stereocenters. The highest BCUT2D eigenvalue weighted by atomic mass is 31.2. The summed E-state index contributed by atoms with van der Waals surface area (Å²) >= 11 is 0. The fourth-order valence-electron chi connectivity index (χ4n) is 2.88. The number of imidazole rings is 1. The van der Waals surface area contributed by atoms with Crippen molar-refractivity contribution in [3.63, 3.8) is 0 Å². The average Bonchev–Trinajstić information content (AvgIpc) is 3.00. The predicted molar refractivity (Wildman–Crippen MR) is 103 cm³/mol. The van der Waals surface area contributed by atoms with Gasteiger partial charge in [0, 0.05) is 0 Å². The Morgan fingerprint density at radius 1 is 1.23 bits per heavy atom. The highest BCUT2D eigenvalue weighted by Crippen LogP contribution is 2.37. The van der Waals surface area contributed by atoms with E-state index in [0.29, 0.717) is 5.82 Å². The molecule has 8 heteroatoms. The monoisotopic (exact) mass is 383 g/mol. The Morgan fingerprint density at radius 3 is 2.62 bits per heavy atom. The van der Waals surface area contributed by atoms with Crippen LogP contribution in [0, 0.1) is 0 Å². The van der Waals surface area contributed by atoms with Crippen LogP contribution in [0.25, 0.3) is 11.0 Å². The van der Waals surface area contributed by atoms with Gasteiger partial charge in [-0.25, -0.2) is 9.55 Å². The molecule has 5 N–H and O–H groups in total. The van der Waals surface area contributed by atoms with Crippen LogP contribution < -0.4 is 5.73 Å². The molecule has 26 heavy (non-hydrogen) atoms. The number of phosphoric ester groups is 1. The zero-order valence-electron chi connectivity index (χ0n) is 15.6. The highest BCUT2D eigenvalue weighted by molar-refractivity contribution is 7.46. The van der Waals surface area contributed by atoms with E-state index < -0.39 is 13.4 Å². The Bertz CT molecular complexity index is 754. The van der Waals surface area contributed by atoms with Crippen LogP contribution in [0.2, 0.25) is 0 Å². The normalized spacial score (nSPS) is 14.7. The zero-order valence-corrected chi connectivity index (χ0v) is 16.5. The van der Waals surface area contributed by atoms with Crippen LogP contribution in [-0.2, 0) is 21.0 Å². The van der Waals surface area contributed by atoms with Crippen LogP contribution in [0.3, 0.4) is 0 Å². The van der Waals surface area contributed by atoms with Crippen molar-refractivity contribution in [3.8, 4) is 0 Å². The molecule has 0 saturated heterocycles. The first-order valence-corrected chi connectivity index (χ1v) is 10.7. The first-order chi connectivity index (χ1) is 12.2. The molecule has 0 radical (unpaired) electrons. The molecule has 7 nitrogen and oxygen atoms in total. The first-order valence-electron chi connectivity index (χ1n) is 9.19. The number of hydrogen-bond donors (Lipinski definition) is 4. The molecule has 1 aromatic carbocycles. The summed E-state index contributed by atoms with van der Waals surface area (Å²) in [6.45, 7) is 3.51. The molecule has 0 aliphatic rings. The summed E-state index contributed by atoms with van der Waals surface area (Å²) in [7, 11) is -4.57. The van der Waals surface area contributed by atoms with Gasteiger partial charge in [-0.3, -0.25) is 4.52 Å². The van der Waals surface area contributed by atoms with Crippen molar-refractivity contribution < 1.29 is 18.9 Å². The molecule has 2 aromatic rings. The quantitative estimate of drug-likeness (QED) is 0.346. The standard InChI is InChI=1S/C18H30N3O4P/c1-3-4-5-6-7-8-9-14-10-11-15-16(12-14)21-17(20-15)18(2,19)13-25-26(22,23)24/h10-12H,3-9,13,19H2,1-2H3,(H,20,21)(H2,22,23,24). The molecule has 2 rings (SSSR count). The number of nitrogens with one attached hydrogen (secondary N) is 1. The number of phosphoric acid groups is 1. The van der Waals surface area contributed by atoms with Gasteiger partial charge < -0.3 is 20.5 Å². The van der Waals surface area contributed by atoms with Crippen molar-refractivity contribution in [2.75, 3.05) is 6.61 Å². The number of benzene rings is 1. The maximum absolute atomic E-state index is 10.9. The molecule has 0 saturated carbocycles. The molecule has 0 bridgehead atoms. The van der Waals surface area contributed by atoms with Crippen LogP contribution in [0.15, 0.2) is 18.2 Å². The van der Waals surface area contributed by atoms with Crippen LogP contribution >= 0.6 is 7.82 Å². The van der Waals surface area contributed by atoms with Crippen molar-refractivity contribution in [2.45, 2.75) is 64.3 Å². The fraction of sp³-hybridized carbons (Fsp3) is 0.611. The maximum atomic E-state index is 10.9. The van der Waals surface area contributed by atoms with Gasteiger partial charge in [0.25, 0.3) is 0 Å². The number of aryl methyl sites for hydroxylation is 1. The van der Waals surface area contributed by atoms with E-state index in [1.54, 1.807) is 6.92 Å². The van der Waals surface area contributed by atoms with Gasteiger partial charge in [0.05, 0.1) is 23.2 Å². The van der Waals surface area contributed by atoms with Crippen molar-refractivity contribution in [1.82, 2.24) is 9.97 Å². The SMILES string of the molecule is CCCCCCCCc1ccc2nc(C(C)(N)COP(=O)(O)O)[nH]c2c1. The number of nitrogens with two attached hydrogens (primary N) is 1. The second-order valence-corrected chi connectivity index (χ2v) is 8.38. The Labute approximate surface area is 154 Å². The largest absolute Gasteiger partial charge is 0.469 e. The molecule has 0 aliphatic carbocycles. The number of aromatic amines is 1. The molecular weight excluding hydrogens is 353 g/mol. The van der Waals surface area contributed by atoms with Crippen molar-refractivity contribution in [2.24, 2.45) is 5.73 Å². The number of aromatic nitrogens is 2. The van der Waals surface area contributed by atoms with E-state index in [2.05, 4.69) is 33.5 Å². The second-order valence-electron chi connectivity index (χ2n) is 7.14. The summed E-state index contributed by atoms with van der Waals surface area (Å²) in [6, 6.07) is 6.08. The Kier molecular flexibility index (Phi) is 7.38.